The molecule has 2 heterocycles. The van der Waals surface area contributed by atoms with Crippen molar-refractivity contribution in [2.45, 2.75) is 40.2 Å². The number of anilines is 2. The smallest absolute Gasteiger partial charge is 0.386 e. The molecule has 0 saturated carbocycles. The fraction of sp³-hybridized carbons (Fsp3) is 0.143. The lowest BCUT2D eigenvalue weighted by molar-refractivity contribution is 0.0337. The minimum Gasteiger partial charge on any atom is -0.481 e. The van der Waals surface area contributed by atoms with E-state index >= 15 is 0 Å². The summed E-state index contributed by atoms with van der Waals surface area (Å²) in [6.07, 6.45) is 0. The van der Waals surface area contributed by atoms with E-state index in [0.717, 1.165) is 20.7 Å². The molecule has 59 heavy (non-hydrogen) atoms. The summed E-state index contributed by atoms with van der Waals surface area (Å²) in [5, 5.41) is 0. The van der Waals surface area contributed by atoms with Gasteiger partial charge in [-0.25, -0.2) is 18.0 Å². The van der Waals surface area contributed by atoms with E-state index in [0.29, 0.717) is 33.6 Å². The molecule has 0 aliphatic heterocycles. The zero-order chi connectivity index (χ0) is 42.1. The fourth-order valence-corrected chi connectivity index (χ4v) is 7.04. The summed E-state index contributed by atoms with van der Waals surface area (Å²) < 4.78 is 75.7. The van der Waals surface area contributed by atoms with Crippen molar-refractivity contribution in [2.75, 3.05) is 8.61 Å². The Kier molecular flexibility index (Phi) is 13.6. The van der Waals surface area contributed by atoms with Gasteiger partial charge in [-0.2, -0.15) is 0 Å². The third kappa shape index (κ3) is 10.5. The summed E-state index contributed by atoms with van der Waals surface area (Å²) in [4.78, 5) is 55.1. The number of aryl methyl sites for hydroxylation is 2. The maximum absolute atomic E-state index is 13.9. The van der Waals surface area contributed by atoms with Crippen LogP contribution in [0.25, 0.3) is 0 Å². The Morgan fingerprint density at radius 3 is 1.29 bits per heavy atom. The van der Waals surface area contributed by atoms with Crippen molar-refractivity contribution in [1.29, 1.82) is 0 Å². The number of carbonyl (C=O) groups is 2. The van der Waals surface area contributed by atoms with E-state index in [1.165, 1.54) is 0 Å². The topological polar surface area (TPSA) is 203 Å². The average molecular weight is 841 g/mol. The molecular weight excluding hydrogens is 805 g/mol. The largest absolute Gasteiger partial charge is 0.481 e. The Bertz CT molecular complexity index is 2450. The molecule has 0 saturated heterocycles. The molecule has 0 amide bonds. The molecule has 0 spiro atoms. The zero-order valence-corrected chi connectivity index (χ0v) is 33.1. The minimum absolute atomic E-state index is 0.215. The number of carbonyl (C=O) groups excluding carboxylic acids is 2. The average Bonchev–Trinajstić information content (AvgIpc) is 3.22. The van der Waals surface area contributed by atoms with E-state index in [1.807, 2.05) is 0 Å². The highest BCUT2D eigenvalue weighted by atomic mass is 32.2. The number of nitrogens with zero attached hydrogens (tertiary/aromatic N) is 2. The summed E-state index contributed by atoms with van der Waals surface area (Å²) in [5.74, 6) is -6.69. The highest BCUT2D eigenvalue weighted by Gasteiger charge is 2.31. The lowest BCUT2D eigenvalue weighted by Crippen LogP contribution is -2.27. The second-order valence-corrected chi connectivity index (χ2v) is 14.6. The first kappa shape index (κ1) is 42.0. The molecule has 0 aliphatic rings. The van der Waals surface area contributed by atoms with Crippen LogP contribution in [0, 0.1) is 13.8 Å². The van der Waals surface area contributed by atoms with Gasteiger partial charge in [0, 0.05) is 12.1 Å². The molecule has 2 unspecified atom stereocenters. The number of rotatable bonds is 16. The van der Waals surface area contributed by atoms with Gasteiger partial charge in [-0.1, -0.05) is 97.1 Å². The summed E-state index contributed by atoms with van der Waals surface area (Å²) in [5.41, 5.74) is 1.32. The number of benzene rings is 4. The molecule has 15 nitrogen and oxygen atoms in total. The normalized spacial score (nSPS) is 11.9. The van der Waals surface area contributed by atoms with Gasteiger partial charge in [0.2, 0.25) is 22.4 Å². The van der Waals surface area contributed by atoms with Gasteiger partial charge in [0.15, 0.2) is 0 Å². The van der Waals surface area contributed by atoms with Gasteiger partial charge in [-0.15, -0.1) is 0 Å². The maximum atomic E-state index is 13.9. The number of para-hydroxylation sites is 2. The van der Waals surface area contributed by atoms with Crippen LogP contribution in [-0.2, 0) is 53.6 Å². The van der Waals surface area contributed by atoms with Crippen LogP contribution in [0.15, 0.2) is 140 Å². The first-order chi connectivity index (χ1) is 28.4. The summed E-state index contributed by atoms with van der Waals surface area (Å²) in [7, 11) is 0. The van der Waals surface area contributed by atoms with E-state index in [2.05, 4.69) is 0 Å². The lowest BCUT2D eigenvalue weighted by atomic mass is 10.2. The molecular formula is C42H36N2O13S2. The van der Waals surface area contributed by atoms with E-state index in [1.54, 1.807) is 123 Å². The highest BCUT2D eigenvalue weighted by molar-refractivity contribution is 7.81. The van der Waals surface area contributed by atoms with Crippen LogP contribution >= 0.6 is 0 Å². The molecule has 0 aliphatic carbocycles. The van der Waals surface area contributed by atoms with Crippen molar-refractivity contribution < 1.29 is 50.2 Å². The van der Waals surface area contributed by atoms with Crippen molar-refractivity contribution in [3.8, 4) is 11.5 Å². The molecule has 2 aromatic heterocycles. The van der Waals surface area contributed by atoms with Crippen LogP contribution in [-0.4, -0.2) is 29.5 Å². The molecule has 17 heteroatoms. The van der Waals surface area contributed by atoms with Crippen molar-refractivity contribution >= 4 is 45.8 Å². The molecule has 304 valence electrons. The van der Waals surface area contributed by atoms with Crippen LogP contribution < -0.4 is 28.9 Å². The van der Waals surface area contributed by atoms with Crippen LogP contribution in [0.1, 0.15) is 54.9 Å². The zero-order valence-electron chi connectivity index (χ0n) is 31.5. The number of hydrogen-bond acceptors (Lipinski definition) is 11. The van der Waals surface area contributed by atoms with Crippen molar-refractivity contribution in [1.82, 2.24) is 0 Å². The predicted molar refractivity (Wildman–Crippen MR) is 218 cm³/mol. The van der Waals surface area contributed by atoms with Gasteiger partial charge in [-0.3, -0.25) is 27.3 Å². The Morgan fingerprint density at radius 2 is 0.932 bits per heavy atom. The number of ether oxygens (including phenoxy) is 3. The third-order valence-corrected chi connectivity index (χ3v) is 10.1. The van der Waals surface area contributed by atoms with E-state index in [9.17, 15) is 36.7 Å². The minimum atomic E-state index is -2.63. The molecule has 2 N–H and O–H groups in total. The number of hydrogen-bond donors (Lipinski definition) is 2. The van der Waals surface area contributed by atoms with Crippen LogP contribution in [0.5, 0.6) is 11.5 Å². The molecule has 0 fully saturated rings. The van der Waals surface area contributed by atoms with Gasteiger partial charge < -0.3 is 23.0 Å². The Hall–Kier alpha value is -6.66. The molecule has 2 atom stereocenters. The van der Waals surface area contributed by atoms with Crippen molar-refractivity contribution in [3.05, 3.63) is 187 Å². The Labute approximate surface area is 342 Å². The number of esters is 2. The first-order valence-electron chi connectivity index (χ1n) is 17.7. The van der Waals surface area contributed by atoms with Crippen molar-refractivity contribution in [2.24, 2.45) is 0 Å². The van der Waals surface area contributed by atoms with E-state index < -0.39 is 81.4 Å². The molecule has 6 aromatic rings. The highest BCUT2D eigenvalue weighted by Crippen LogP contribution is 2.28. The summed E-state index contributed by atoms with van der Waals surface area (Å²) >= 11 is -5.25. The first-order valence-corrected chi connectivity index (χ1v) is 19.8. The van der Waals surface area contributed by atoms with Gasteiger partial charge in [-0.05, 0) is 48.2 Å². The molecule has 4 aromatic carbocycles. The standard InChI is InChI=1S/C42H36N2O13S2/c1-27-13-9-11-19-33(27)43(58(49)50)23-31-21-35(45)37(53-25-29-15-5-3-6-16-29)39(55-31)41(47)57-42(48)40-38(54-26-30-17-7-4-8-18-30)36(46)22-32(56-40)24-44(59(51)52)34-20-12-10-14-28(34)2/h3-22H,23-26H2,1-2H3,(H,49,50)(H,51,52). The maximum Gasteiger partial charge on any atom is 0.386 e. The Morgan fingerprint density at radius 1 is 0.576 bits per heavy atom. The molecule has 0 bridgehead atoms. The summed E-state index contributed by atoms with van der Waals surface area (Å²) in [6.45, 7) is 1.99. The van der Waals surface area contributed by atoms with Crippen molar-refractivity contribution in [3.63, 3.8) is 0 Å². The van der Waals surface area contributed by atoms with Crippen LogP contribution in [0.2, 0.25) is 0 Å². The molecule has 6 rings (SSSR count). The second-order valence-electron chi connectivity index (χ2n) is 12.8. The van der Waals surface area contributed by atoms with E-state index in [4.69, 9.17) is 23.0 Å². The third-order valence-electron chi connectivity index (χ3n) is 8.66. The molecule has 0 radical (unpaired) electrons. The van der Waals surface area contributed by atoms with Gasteiger partial charge in [0.05, 0.1) is 24.5 Å². The quantitative estimate of drug-likeness (QED) is 0.0596. The van der Waals surface area contributed by atoms with Gasteiger partial charge >= 0.3 is 11.9 Å². The van der Waals surface area contributed by atoms with Gasteiger partial charge in [0.1, 0.15) is 24.7 Å². The monoisotopic (exact) mass is 840 g/mol. The predicted octanol–water partition coefficient (Wildman–Crippen LogP) is 6.65. The van der Waals surface area contributed by atoms with Crippen LogP contribution in [0.3, 0.4) is 0 Å². The SMILES string of the molecule is Cc1ccccc1N(Cc1cc(=O)c(OCc2ccccc2)c(C(=O)OC(=O)c2oc(CN(c3ccccc3C)S(=O)O)cc(=O)c2OCc2ccccc2)o1)S(=O)O. The van der Waals surface area contributed by atoms with Gasteiger partial charge in [0.25, 0.3) is 34.1 Å². The second kappa shape index (κ2) is 19.2. The lowest BCUT2D eigenvalue weighted by Gasteiger charge is -2.22. The Balaban J connectivity index is 1.38. The van der Waals surface area contributed by atoms with E-state index in [-0.39, 0.29) is 24.7 Å². The summed E-state index contributed by atoms with van der Waals surface area (Å²) in [6, 6.07) is 32.5. The fourth-order valence-electron chi connectivity index (χ4n) is 5.81. The van der Waals surface area contributed by atoms with Crippen LogP contribution in [0.4, 0.5) is 11.4 Å².